The molecule has 14 heavy (non-hydrogen) atoms. The van der Waals surface area contributed by atoms with Gasteiger partial charge in [0.05, 0.1) is 9.95 Å². The molecule has 1 aromatic rings. The zero-order valence-corrected chi connectivity index (χ0v) is 8.14. The van der Waals surface area contributed by atoms with Crippen molar-refractivity contribution in [2.75, 3.05) is 11.9 Å². The van der Waals surface area contributed by atoms with Crippen molar-refractivity contribution in [2.45, 2.75) is 6.92 Å². The molecule has 0 radical (unpaired) electrons. The van der Waals surface area contributed by atoms with E-state index in [-0.39, 0.29) is 16.4 Å². The van der Waals surface area contributed by atoms with E-state index in [1.54, 1.807) is 6.92 Å². The number of halogens is 2. The summed E-state index contributed by atoms with van der Waals surface area (Å²) in [5.41, 5.74) is -0.0855. The van der Waals surface area contributed by atoms with Crippen LogP contribution in [0.2, 0.25) is 5.02 Å². The van der Waals surface area contributed by atoms with Gasteiger partial charge in [-0.15, -0.1) is 0 Å². The van der Waals surface area contributed by atoms with Crippen LogP contribution in [0.15, 0.2) is 12.1 Å². The lowest BCUT2D eigenvalue weighted by atomic mass is 10.2. The molecule has 0 spiro atoms. The van der Waals surface area contributed by atoms with Crippen LogP contribution in [0, 0.1) is 15.9 Å². The van der Waals surface area contributed by atoms with Crippen LogP contribution in [0.4, 0.5) is 15.8 Å². The first-order valence-corrected chi connectivity index (χ1v) is 4.31. The zero-order chi connectivity index (χ0) is 10.7. The Balaban J connectivity index is 3.24. The molecule has 0 aliphatic rings. The molecule has 0 aromatic heterocycles. The molecule has 0 saturated heterocycles. The lowest BCUT2D eigenvalue weighted by Crippen LogP contribution is -2.01. The van der Waals surface area contributed by atoms with Gasteiger partial charge in [0.15, 0.2) is 0 Å². The van der Waals surface area contributed by atoms with Gasteiger partial charge in [-0.25, -0.2) is 4.39 Å². The fourth-order valence-electron chi connectivity index (χ4n) is 1.02. The second-order valence-electron chi connectivity index (χ2n) is 2.57. The summed E-state index contributed by atoms with van der Waals surface area (Å²) >= 11 is 5.42. The minimum absolute atomic E-state index is 0.138. The largest absolute Gasteiger partial charge is 0.380 e. The van der Waals surface area contributed by atoms with E-state index in [0.717, 1.165) is 12.1 Å². The summed E-state index contributed by atoms with van der Waals surface area (Å²) in [5, 5.41) is 13.0. The van der Waals surface area contributed by atoms with E-state index in [4.69, 9.17) is 11.6 Å². The zero-order valence-electron chi connectivity index (χ0n) is 7.38. The highest BCUT2D eigenvalue weighted by Crippen LogP contribution is 2.29. The van der Waals surface area contributed by atoms with Crippen LogP contribution < -0.4 is 5.32 Å². The number of hydrogen-bond acceptors (Lipinski definition) is 3. The Morgan fingerprint density at radius 3 is 2.79 bits per heavy atom. The van der Waals surface area contributed by atoms with Gasteiger partial charge in [0.2, 0.25) is 0 Å². The highest BCUT2D eigenvalue weighted by atomic mass is 35.5. The lowest BCUT2D eigenvalue weighted by molar-refractivity contribution is -0.384. The van der Waals surface area contributed by atoms with Crippen LogP contribution in [0.3, 0.4) is 0 Å². The highest BCUT2D eigenvalue weighted by Gasteiger charge is 2.16. The van der Waals surface area contributed by atoms with E-state index >= 15 is 0 Å². The monoisotopic (exact) mass is 218 g/mol. The molecule has 0 aliphatic carbocycles. The molecular formula is C8H8ClFN2O2. The van der Waals surface area contributed by atoms with Crippen molar-refractivity contribution >= 4 is 23.0 Å². The number of nitrogens with zero attached hydrogens (tertiary/aromatic N) is 1. The van der Waals surface area contributed by atoms with Gasteiger partial charge in [0.1, 0.15) is 11.5 Å². The summed E-state index contributed by atoms with van der Waals surface area (Å²) in [6.45, 7) is 2.23. The first-order chi connectivity index (χ1) is 6.56. The van der Waals surface area contributed by atoms with Crippen LogP contribution in [0.5, 0.6) is 0 Å². The highest BCUT2D eigenvalue weighted by molar-refractivity contribution is 6.31. The Morgan fingerprint density at radius 2 is 2.29 bits per heavy atom. The van der Waals surface area contributed by atoms with Crippen molar-refractivity contribution in [3.63, 3.8) is 0 Å². The maximum absolute atomic E-state index is 13.0. The Morgan fingerprint density at radius 1 is 1.64 bits per heavy atom. The molecule has 0 fully saturated rings. The average Bonchev–Trinajstić information content (AvgIpc) is 2.11. The van der Waals surface area contributed by atoms with Gasteiger partial charge in [-0.3, -0.25) is 10.1 Å². The van der Waals surface area contributed by atoms with Crippen molar-refractivity contribution < 1.29 is 9.31 Å². The topological polar surface area (TPSA) is 55.2 Å². The molecule has 0 saturated carbocycles. The van der Waals surface area contributed by atoms with Gasteiger partial charge in [0.25, 0.3) is 5.69 Å². The molecule has 0 unspecified atom stereocenters. The molecule has 0 amide bonds. The summed E-state index contributed by atoms with van der Waals surface area (Å²) in [6, 6.07) is 2.01. The predicted molar refractivity (Wildman–Crippen MR) is 52.2 cm³/mol. The maximum Gasteiger partial charge on any atom is 0.294 e. The van der Waals surface area contributed by atoms with E-state index in [1.807, 2.05) is 0 Å². The van der Waals surface area contributed by atoms with Crippen LogP contribution in [-0.2, 0) is 0 Å². The second kappa shape index (κ2) is 4.23. The summed E-state index contributed by atoms with van der Waals surface area (Å²) < 4.78 is 13.0. The number of nitro benzene ring substituents is 1. The summed E-state index contributed by atoms with van der Waals surface area (Å²) in [7, 11) is 0. The first-order valence-electron chi connectivity index (χ1n) is 3.93. The minimum atomic E-state index is -0.673. The van der Waals surface area contributed by atoms with Gasteiger partial charge < -0.3 is 5.32 Å². The molecule has 1 aromatic carbocycles. The normalized spacial score (nSPS) is 9.93. The van der Waals surface area contributed by atoms with Crippen molar-refractivity contribution in [3.8, 4) is 0 Å². The van der Waals surface area contributed by atoms with Gasteiger partial charge in [-0.05, 0) is 6.92 Å². The summed E-state index contributed by atoms with van der Waals surface area (Å²) in [6.07, 6.45) is 0. The maximum atomic E-state index is 13.0. The van der Waals surface area contributed by atoms with Crippen LogP contribution >= 0.6 is 11.6 Å². The molecule has 1 N–H and O–H groups in total. The molecular weight excluding hydrogens is 211 g/mol. The Hall–Kier alpha value is -1.36. The third kappa shape index (κ3) is 2.11. The van der Waals surface area contributed by atoms with Crippen molar-refractivity contribution in [1.82, 2.24) is 0 Å². The van der Waals surface area contributed by atoms with Gasteiger partial charge in [-0.1, -0.05) is 11.6 Å². The van der Waals surface area contributed by atoms with Crippen LogP contribution in [0.25, 0.3) is 0 Å². The molecule has 4 nitrogen and oxygen atoms in total. The molecule has 0 aliphatic heterocycles. The lowest BCUT2D eigenvalue weighted by Gasteiger charge is -2.04. The van der Waals surface area contributed by atoms with Crippen molar-refractivity contribution in [2.24, 2.45) is 0 Å². The van der Waals surface area contributed by atoms with E-state index in [9.17, 15) is 14.5 Å². The van der Waals surface area contributed by atoms with Crippen LogP contribution in [0.1, 0.15) is 6.92 Å². The predicted octanol–water partition coefficient (Wildman–Crippen LogP) is 2.82. The van der Waals surface area contributed by atoms with Crippen molar-refractivity contribution in [1.29, 1.82) is 0 Å². The molecule has 0 bridgehead atoms. The molecule has 1 rings (SSSR count). The summed E-state index contributed by atoms with van der Waals surface area (Å²) in [5.74, 6) is -0.673. The molecule has 0 heterocycles. The smallest absolute Gasteiger partial charge is 0.294 e. The Labute approximate surface area is 84.8 Å². The van der Waals surface area contributed by atoms with Crippen molar-refractivity contribution in [3.05, 3.63) is 33.1 Å². The fraction of sp³-hybridized carbons (Fsp3) is 0.250. The van der Waals surface area contributed by atoms with Gasteiger partial charge >= 0.3 is 0 Å². The fourth-order valence-corrected chi connectivity index (χ4v) is 1.18. The van der Waals surface area contributed by atoms with E-state index in [1.165, 1.54) is 0 Å². The third-order valence-corrected chi connectivity index (χ3v) is 1.89. The number of benzene rings is 1. The number of nitrogens with one attached hydrogen (secondary N) is 1. The summed E-state index contributed by atoms with van der Waals surface area (Å²) in [4.78, 5) is 9.94. The quantitative estimate of drug-likeness (QED) is 0.627. The Bertz CT molecular complexity index is 371. The second-order valence-corrected chi connectivity index (χ2v) is 2.98. The minimum Gasteiger partial charge on any atom is -0.380 e. The van der Waals surface area contributed by atoms with E-state index < -0.39 is 10.7 Å². The average molecular weight is 219 g/mol. The van der Waals surface area contributed by atoms with Gasteiger partial charge in [0, 0.05) is 18.7 Å². The number of hydrogen-bond donors (Lipinski definition) is 1. The SMILES string of the molecule is CCNc1cc(F)c(Cl)cc1[N+](=O)[O-]. The first kappa shape index (κ1) is 10.7. The molecule has 6 heteroatoms. The Kier molecular flexibility index (Phi) is 3.24. The number of rotatable bonds is 3. The number of anilines is 1. The molecule has 0 atom stereocenters. The number of nitro groups is 1. The standard InChI is InChI=1S/C8H8ClFN2O2/c1-2-11-7-4-6(10)5(9)3-8(7)12(13)14/h3-4,11H,2H2,1H3. The van der Waals surface area contributed by atoms with Crippen LogP contribution in [-0.4, -0.2) is 11.5 Å². The van der Waals surface area contributed by atoms with E-state index in [0.29, 0.717) is 6.54 Å². The van der Waals surface area contributed by atoms with Gasteiger partial charge in [-0.2, -0.15) is 0 Å². The molecule has 76 valence electrons. The van der Waals surface area contributed by atoms with E-state index in [2.05, 4.69) is 5.32 Å². The third-order valence-electron chi connectivity index (χ3n) is 1.60.